The van der Waals surface area contributed by atoms with Gasteiger partial charge in [-0.1, -0.05) is 24.6 Å². The first-order chi connectivity index (χ1) is 15.2. The molecule has 0 saturated carbocycles. The zero-order chi connectivity index (χ0) is 21.2. The van der Waals surface area contributed by atoms with Crippen LogP contribution >= 0.6 is 0 Å². The summed E-state index contributed by atoms with van der Waals surface area (Å²) in [6, 6.07) is 15.1. The average molecular weight is 419 g/mol. The number of carbonyl (C=O) groups is 1. The number of ketones is 1. The third-order valence-corrected chi connectivity index (χ3v) is 7.64. The lowest BCUT2D eigenvalue weighted by atomic mass is 9.72. The number of hydrogen-bond acceptors (Lipinski definition) is 4. The van der Waals surface area contributed by atoms with E-state index in [2.05, 4.69) is 40.1 Å². The molecule has 0 spiro atoms. The van der Waals surface area contributed by atoms with Crippen molar-refractivity contribution in [3.8, 4) is 5.75 Å². The standard InChI is InChI=1S/C27H34N2O2/c1-31-23-11-9-22(10-12-23)29-17-15-28(16-18-29)14-13-24-25-8-4-7-20-5-2-3-6-21(27(20)25)19-26(24)30/h4,7-12,21,24H,2-3,5-6,13-19H2,1H3. The SMILES string of the molecule is COc1ccc(N2CCN(CCC3C(=O)CC4CCCCc5cccc3c54)CC2)cc1. The minimum atomic E-state index is 0.101. The van der Waals surface area contributed by atoms with E-state index in [1.54, 1.807) is 12.7 Å². The van der Waals surface area contributed by atoms with Crippen LogP contribution in [0.5, 0.6) is 5.75 Å². The van der Waals surface area contributed by atoms with Gasteiger partial charge in [0.1, 0.15) is 11.5 Å². The quantitative estimate of drug-likeness (QED) is 0.700. The van der Waals surface area contributed by atoms with Crippen molar-refractivity contribution in [3.05, 3.63) is 59.2 Å². The molecule has 0 bridgehead atoms. The number of Topliss-reactive ketones (excluding diaryl/α,β-unsaturated/α-hetero) is 1. The summed E-state index contributed by atoms with van der Waals surface area (Å²) in [5.74, 6) is 1.96. The summed E-state index contributed by atoms with van der Waals surface area (Å²) in [7, 11) is 1.71. The topological polar surface area (TPSA) is 32.8 Å². The predicted molar refractivity (Wildman–Crippen MR) is 125 cm³/mol. The minimum Gasteiger partial charge on any atom is -0.497 e. The summed E-state index contributed by atoms with van der Waals surface area (Å²) in [6.07, 6.45) is 6.63. The van der Waals surface area contributed by atoms with Gasteiger partial charge in [0.05, 0.1) is 7.11 Å². The van der Waals surface area contributed by atoms with Crippen LogP contribution < -0.4 is 9.64 Å². The Bertz CT molecular complexity index is 915. The fourth-order valence-corrected chi connectivity index (χ4v) is 5.92. The van der Waals surface area contributed by atoms with Gasteiger partial charge in [0.2, 0.25) is 0 Å². The van der Waals surface area contributed by atoms with Crippen LogP contribution in [0.3, 0.4) is 0 Å². The van der Waals surface area contributed by atoms with Crippen molar-refractivity contribution in [2.45, 2.75) is 50.4 Å². The van der Waals surface area contributed by atoms with Crippen LogP contribution in [0.2, 0.25) is 0 Å². The summed E-state index contributed by atoms with van der Waals surface area (Å²) in [5.41, 5.74) is 5.69. The van der Waals surface area contributed by atoms with Gasteiger partial charge < -0.3 is 9.64 Å². The third kappa shape index (κ3) is 4.23. The van der Waals surface area contributed by atoms with Crippen LogP contribution in [-0.4, -0.2) is 50.5 Å². The molecule has 2 unspecified atom stereocenters. The molecule has 0 aromatic heterocycles. The molecule has 2 aliphatic carbocycles. The fraction of sp³-hybridized carbons (Fsp3) is 0.519. The smallest absolute Gasteiger partial charge is 0.141 e. The van der Waals surface area contributed by atoms with Crippen LogP contribution in [0, 0.1) is 0 Å². The lowest BCUT2D eigenvalue weighted by molar-refractivity contribution is -0.121. The van der Waals surface area contributed by atoms with Crippen LogP contribution in [0.15, 0.2) is 42.5 Å². The van der Waals surface area contributed by atoms with Gasteiger partial charge in [-0.3, -0.25) is 9.69 Å². The highest BCUT2D eigenvalue weighted by molar-refractivity contribution is 5.89. The Kier molecular flexibility index (Phi) is 5.99. The number of methoxy groups -OCH3 is 1. The van der Waals surface area contributed by atoms with Gasteiger partial charge in [-0.15, -0.1) is 0 Å². The molecular weight excluding hydrogens is 384 g/mol. The number of rotatable bonds is 5. The molecule has 1 fully saturated rings. The Labute approximate surface area is 186 Å². The number of anilines is 1. The Hall–Kier alpha value is -2.33. The highest BCUT2D eigenvalue weighted by Gasteiger charge is 2.35. The van der Waals surface area contributed by atoms with Gasteiger partial charge in [0.15, 0.2) is 0 Å². The normalized spacial score (nSPS) is 23.9. The number of carbonyl (C=O) groups excluding carboxylic acids is 1. The van der Waals surface area contributed by atoms with E-state index in [0.717, 1.165) is 51.3 Å². The monoisotopic (exact) mass is 418 g/mol. The van der Waals surface area contributed by atoms with E-state index in [1.807, 2.05) is 12.1 Å². The van der Waals surface area contributed by atoms with Gasteiger partial charge in [-0.2, -0.15) is 0 Å². The summed E-state index contributed by atoms with van der Waals surface area (Å²) in [5, 5.41) is 0. The van der Waals surface area contributed by atoms with Gasteiger partial charge in [0.25, 0.3) is 0 Å². The average Bonchev–Trinajstić information content (AvgIpc) is 3.02. The van der Waals surface area contributed by atoms with Crippen molar-refractivity contribution < 1.29 is 9.53 Å². The van der Waals surface area contributed by atoms with Crippen LogP contribution in [0.1, 0.15) is 60.6 Å². The van der Waals surface area contributed by atoms with Crippen molar-refractivity contribution >= 4 is 11.5 Å². The molecule has 0 N–H and O–H groups in total. The second-order valence-corrected chi connectivity index (χ2v) is 9.40. The van der Waals surface area contributed by atoms with E-state index in [0.29, 0.717) is 11.7 Å². The van der Waals surface area contributed by atoms with Crippen molar-refractivity contribution in [3.63, 3.8) is 0 Å². The first-order valence-corrected chi connectivity index (χ1v) is 12.0. The first-order valence-electron chi connectivity index (χ1n) is 12.0. The van der Waals surface area contributed by atoms with Crippen molar-refractivity contribution in [1.29, 1.82) is 0 Å². The van der Waals surface area contributed by atoms with E-state index in [4.69, 9.17) is 4.74 Å². The van der Waals surface area contributed by atoms with Gasteiger partial charge in [-0.05, 0) is 79.1 Å². The summed E-state index contributed by atoms with van der Waals surface area (Å²) >= 11 is 0. The second kappa shape index (κ2) is 9.04. The molecule has 0 radical (unpaired) electrons. The summed E-state index contributed by atoms with van der Waals surface area (Å²) < 4.78 is 5.27. The zero-order valence-corrected chi connectivity index (χ0v) is 18.7. The van der Waals surface area contributed by atoms with Crippen LogP contribution in [0.25, 0.3) is 0 Å². The molecule has 1 saturated heterocycles. The van der Waals surface area contributed by atoms with Crippen LogP contribution in [0.4, 0.5) is 5.69 Å². The van der Waals surface area contributed by atoms with Gasteiger partial charge in [-0.25, -0.2) is 0 Å². The highest BCUT2D eigenvalue weighted by atomic mass is 16.5. The third-order valence-electron chi connectivity index (χ3n) is 7.64. The molecule has 1 heterocycles. The van der Waals surface area contributed by atoms with Gasteiger partial charge >= 0.3 is 0 Å². The van der Waals surface area contributed by atoms with Crippen molar-refractivity contribution in [2.24, 2.45) is 0 Å². The highest BCUT2D eigenvalue weighted by Crippen LogP contribution is 2.44. The molecule has 0 amide bonds. The Morgan fingerprint density at radius 3 is 2.58 bits per heavy atom. The maximum absolute atomic E-state index is 13.1. The lowest BCUT2D eigenvalue weighted by Crippen LogP contribution is -2.47. The second-order valence-electron chi connectivity index (χ2n) is 9.40. The predicted octanol–water partition coefficient (Wildman–Crippen LogP) is 4.77. The number of nitrogens with zero attached hydrogens (tertiary/aromatic N) is 2. The zero-order valence-electron chi connectivity index (χ0n) is 18.7. The molecule has 164 valence electrons. The molecule has 4 nitrogen and oxygen atoms in total. The van der Waals surface area contributed by atoms with Crippen LogP contribution in [-0.2, 0) is 11.2 Å². The minimum absolute atomic E-state index is 0.101. The number of aryl methyl sites for hydroxylation is 1. The first kappa shape index (κ1) is 20.6. The summed E-state index contributed by atoms with van der Waals surface area (Å²) in [4.78, 5) is 18.1. The molecule has 4 heteroatoms. The Balaban J connectivity index is 1.21. The maximum Gasteiger partial charge on any atom is 0.141 e. The van der Waals surface area contributed by atoms with E-state index >= 15 is 0 Å². The molecule has 2 atom stereocenters. The maximum atomic E-state index is 13.1. The molecular formula is C27H34N2O2. The van der Waals surface area contributed by atoms with Crippen molar-refractivity contribution in [2.75, 3.05) is 44.7 Å². The number of hydrogen-bond donors (Lipinski definition) is 0. The van der Waals surface area contributed by atoms with E-state index in [-0.39, 0.29) is 5.92 Å². The van der Waals surface area contributed by atoms with E-state index in [1.165, 1.54) is 42.5 Å². The molecule has 5 rings (SSSR count). The molecule has 2 aromatic rings. The Morgan fingerprint density at radius 2 is 1.81 bits per heavy atom. The Morgan fingerprint density at radius 1 is 1.00 bits per heavy atom. The molecule has 1 aliphatic heterocycles. The fourth-order valence-electron chi connectivity index (χ4n) is 5.92. The van der Waals surface area contributed by atoms with Gasteiger partial charge in [0, 0.05) is 44.2 Å². The largest absolute Gasteiger partial charge is 0.497 e. The molecule has 3 aliphatic rings. The van der Waals surface area contributed by atoms with Crippen molar-refractivity contribution in [1.82, 2.24) is 4.90 Å². The molecule has 31 heavy (non-hydrogen) atoms. The number of benzene rings is 2. The van der Waals surface area contributed by atoms with E-state index in [9.17, 15) is 4.79 Å². The number of piperazine rings is 1. The number of ether oxygens (including phenoxy) is 1. The molecule has 2 aromatic carbocycles. The summed E-state index contributed by atoms with van der Waals surface area (Å²) in [6.45, 7) is 5.20. The van der Waals surface area contributed by atoms with E-state index < -0.39 is 0 Å². The lowest BCUT2D eigenvalue weighted by Gasteiger charge is -2.37.